The van der Waals surface area contributed by atoms with Crippen LogP contribution in [0, 0.1) is 5.92 Å². The van der Waals surface area contributed by atoms with Crippen LogP contribution in [0.2, 0.25) is 0 Å². The van der Waals surface area contributed by atoms with Gasteiger partial charge in [-0.15, -0.1) is 0 Å². The van der Waals surface area contributed by atoms with Crippen molar-refractivity contribution >= 4 is 0 Å². The van der Waals surface area contributed by atoms with E-state index >= 15 is 0 Å². The SMILES string of the molecule is NC(Cc1ccccc1)CN1CCN(CC2CC2)CC1. The normalized spacial score (nSPS) is 22.9. The average molecular weight is 273 g/mol. The molecule has 3 nitrogen and oxygen atoms in total. The molecule has 1 atom stereocenters. The van der Waals surface area contributed by atoms with Crippen molar-refractivity contribution in [3.8, 4) is 0 Å². The highest BCUT2D eigenvalue weighted by molar-refractivity contribution is 5.15. The van der Waals surface area contributed by atoms with Crippen molar-refractivity contribution < 1.29 is 0 Å². The van der Waals surface area contributed by atoms with Crippen LogP contribution >= 0.6 is 0 Å². The van der Waals surface area contributed by atoms with E-state index in [4.69, 9.17) is 5.73 Å². The largest absolute Gasteiger partial charge is 0.326 e. The second kappa shape index (κ2) is 6.70. The molecule has 1 saturated carbocycles. The maximum atomic E-state index is 6.31. The highest BCUT2D eigenvalue weighted by atomic mass is 15.3. The number of nitrogens with zero attached hydrogens (tertiary/aromatic N) is 2. The van der Waals surface area contributed by atoms with Crippen LogP contribution in [0.1, 0.15) is 18.4 Å². The fourth-order valence-corrected chi connectivity index (χ4v) is 3.13. The molecule has 2 N–H and O–H groups in total. The molecule has 0 spiro atoms. The van der Waals surface area contributed by atoms with Crippen molar-refractivity contribution in [3.05, 3.63) is 35.9 Å². The first-order chi connectivity index (χ1) is 9.79. The van der Waals surface area contributed by atoms with Crippen LogP contribution in [0.3, 0.4) is 0 Å². The standard InChI is InChI=1S/C17H27N3/c18-17(12-15-4-2-1-3-5-15)14-20-10-8-19(9-11-20)13-16-6-7-16/h1-5,16-17H,6-14,18H2. The third-order valence-corrected chi connectivity index (χ3v) is 4.51. The Bertz CT molecular complexity index is 394. The zero-order chi connectivity index (χ0) is 13.8. The molecule has 1 saturated heterocycles. The molecule has 20 heavy (non-hydrogen) atoms. The lowest BCUT2D eigenvalue weighted by Crippen LogP contribution is -2.50. The minimum absolute atomic E-state index is 0.257. The molecule has 1 unspecified atom stereocenters. The molecular formula is C17H27N3. The molecule has 3 rings (SSSR count). The van der Waals surface area contributed by atoms with Gasteiger partial charge in [0.05, 0.1) is 0 Å². The van der Waals surface area contributed by atoms with E-state index in [1.54, 1.807) is 0 Å². The summed E-state index contributed by atoms with van der Waals surface area (Å²) in [6, 6.07) is 10.9. The van der Waals surface area contributed by atoms with Crippen molar-refractivity contribution in [3.63, 3.8) is 0 Å². The van der Waals surface area contributed by atoms with Crippen LogP contribution in [-0.2, 0) is 6.42 Å². The summed E-state index contributed by atoms with van der Waals surface area (Å²) in [5.74, 6) is 1.02. The highest BCUT2D eigenvalue weighted by Gasteiger charge is 2.26. The molecule has 0 amide bonds. The lowest BCUT2D eigenvalue weighted by Gasteiger charge is -2.36. The van der Waals surface area contributed by atoms with Gasteiger partial charge in [0.2, 0.25) is 0 Å². The molecule has 0 bridgehead atoms. The molecule has 3 heteroatoms. The molecule has 2 aliphatic rings. The molecule has 1 aromatic carbocycles. The van der Waals surface area contributed by atoms with Crippen LogP contribution in [0.5, 0.6) is 0 Å². The zero-order valence-corrected chi connectivity index (χ0v) is 12.4. The topological polar surface area (TPSA) is 32.5 Å². The number of piperazine rings is 1. The number of rotatable bonds is 6. The van der Waals surface area contributed by atoms with Gasteiger partial charge in [-0.05, 0) is 30.7 Å². The van der Waals surface area contributed by atoms with E-state index in [1.807, 2.05) is 0 Å². The maximum Gasteiger partial charge on any atom is 0.0208 e. The molecule has 1 aliphatic heterocycles. The molecule has 1 heterocycles. The molecular weight excluding hydrogens is 246 g/mol. The summed E-state index contributed by atoms with van der Waals surface area (Å²) in [4.78, 5) is 5.17. The summed E-state index contributed by atoms with van der Waals surface area (Å²) < 4.78 is 0. The first-order valence-electron chi connectivity index (χ1n) is 8.04. The fourth-order valence-electron chi connectivity index (χ4n) is 3.13. The second-order valence-electron chi connectivity index (χ2n) is 6.49. The van der Waals surface area contributed by atoms with Crippen molar-refractivity contribution in [2.24, 2.45) is 11.7 Å². The van der Waals surface area contributed by atoms with Gasteiger partial charge in [-0.1, -0.05) is 30.3 Å². The number of nitrogens with two attached hydrogens (primary N) is 1. The van der Waals surface area contributed by atoms with Gasteiger partial charge >= 0.3 is 0 Å². The van der Waals surface area contributed by atoms with Crippen molar-refractivity contribution in [2.75, 3.05) is 39.3 Å². The lowest BCUT2D eigenvalue weighted by atomic mass is 10.1. The van der Waals surface area contributed by atoms with Gasteiger partial charge in [-0.3, -0.25) is 4.90 Å². The monoisotopic (exact) mass is 273 g/mol. The van der Waals surface area contributed by atoms with Gasteiger partial charge in [0.25, 0.3) is 0 Å². The van der Waals surface area contributed by atoms with Gasteiger partial charge in [0, 0.05) is 45.3 Å². The summed E-state index contributed by atoms with van der Waals surface area (Å²) in [5.41, 5.74) is 7.66. The minimum atomic E-state index is 0.257. The average Bonchev–Trinajstić information content (AvgIpc) is 3.26. The van der Waals surface area contributed by atoms with Crippen molar-refractivity contribution in [2.45, 2.75) is 25.3 Å². The molecule has 2 fully saturated rings. The smallest absolute Gasteiger partial charge is 0.0208 e. The van der Waals surface area contributed by atoms with E-state index in [-0.39, 0.29) is 6.04 Å². The fraction of sp³-hybridized carbons (Fsp3) is 0.647. The van der Waals surface area contributed by atoms with E-state index in [0.29, 0.717) is 0 Å². The maximum absolute atomic E-state index is 6.31. The van der Waals surface area contributed by atoms with Gasteiger partial charge in [-0.25, -0.2) is 0 Å². The van der Waals surface area contributed by atoms with Crippen LogP contribution in [0.15, 0.2) is 30.3 Å². The summed E-state index contributed by atoms with van der Waals surface area (Å²) in [5, 5.41) is 0. The Balaban J connectivity index is 1.37. The van der Waals surface area contributed by atoms with Gasteiger partial charge < -0.3 is 10.6 Å². The Hall–Kier alpha value is -0.900. The molecule has 1 aromatic rings. The van der Waals surface area contributed by atoms with E-state index in [0.717, 1.165) is 18.9 Å². The molecule has 110 valence electrons. The zero-order valence-electron chi connectivity index (χ0n) is 12.4. The first-order valence-corrected chi connectivity index (χ1v) is 8.04. The first kappa shape index (κ1) is 14.1. The van der Waals surface area contributed by atoms with Crippen molar-refractivity contribution in [1.82, 2.24) is 9.80 Å². The van der Waals surface area contributed by atoms with Crippen LogP contribution < -0.4 is 5.73 Å². The molecule has 0 radical (unpaired) electrons. The highest BCUT2D eigenvalue weighted by Crippen LogP contribution is 2.29. The number of hydrogen-bond acceptors (Lipinski definition) is 3. The van der Waals surface area contributed by atoms with E-state index in [9.17, 15) is 0 Å². The van der Waals surface area contributed by atoms with Gasteiger partial charge in [0.15, 0.2) is 0 Å². The summed E-state index contributed by atoms with van der Waals surface area (Å²) in [6.07, 6.45) is 3.91. The van der Waals surface area contributed by atoms with E-state index < -0.39 is 0 Å². The molecule has 1 aliphatic carbocycles. The predicted molar refractivity (Wildman–Crippen MR) is 83.7 cm³/mol. The van der Waals surface area contributed by atoms with Crippen molar-refractivity contribution in [1.29, 1.82) is 0 Å². The minimum Gasteiger partial charge on any atom is -0.326 e. The second-order valence-corrected chi connectivity index (χ2v) is 6.49. The summed E-state index contributed by atoms with van der Waals surface area (Å²) >= 11 is 0. The predicted octanol–water partition coefficient (Wildman–Crippen LogP) is 1.58. The van der Waals surface area contributed by atoms with Crippen LogP contribution in [0.4, 0.5) is 0 Å². The summed E-state index contributed by atoms with van der Waals surface area (Å²) in [6.45, 7) is 7.21. The Morgan fingerprint density at radius 3 is 2.30 bits per heavy atom. The van der Waals surface area contributed by atoms with Crippen LogP contribution in [0.25, 0.3) is 0 Å². The third kappa shape index (κ3) is 4.30. The summed E-state index contributed by atoms with van der Waals surface area (Å²) in [7, 11) is 0. The lowest BCUT2D eigenvalue weighted by molar-refractivity contribution is 0.123. The Kier molecular flexibility index (Phi) is 4.71. The Morgan fingerprint density at radius 2 is 1.65 bits per heavy atom. The molecule has 0 aromatic heterocycles. The Morgan fingerprint density at radius 1 is 1.00 bits per heavy atom. The number of benzene rings is 1. The van der Waals surface area contributed by atoms with Gasteiger partial charge in [0.1, 0.15) is 0 Å². The third-order valence-electron chi connectivity index (χ3n) is 4.51. The van der Waals surface area contributed by atoms with E-state index in [2.05, 4.69) is 40.1 Å². The Labute approximate surface area is 122 Å². The van der Waals surface area contributed by atoms with Crippen LogP contribution in [-0.4, -0.2) is 55.1 Å². The van der Waals surface area contributed by atoms with Gasteiger partial charge in [-0.2, -0.15) is 0 Å². The van der Waals surface area contributed by atoms with E-state index in [1.165, 1.54) is 51.1 Å². The quantitative estimate of drug-likeness (QED) is 0.854. The number of hydrogen-bond donors (Lipinski definition) is 1.